The van der Waals surface area contributed by atoms with Crippen molar-refractivity contribution in [2.45, 2.75) is 39.2 Å². The van der Waals surface area contributed by atoms with Gasteiger partial charge in [0.25, 0.3) is 0 Å². The normalized spacial score (nSPS) is 14.1. The van der Waals surface area contributed by atoms with Crippen LogP contribution in [0.25, 0.3) is 0 Å². The van der Waals surface area contributed by atoms with Gasteiger partial charge in [-0.25, -0.2) is 9.97 Å². The van der Waals surface area contributed by atoms with E-state index in [-0.39, 0.29) is 17.9 Å². The molecule has 94 valence electrons. The molecule has 0 aromatic carbocycles. The van der Waals surface area contributed by atoms with Crippen LogP contribution in [0.5, 0.6) is 0 Å². The van der Waals surface area contributed by atoms with Crippen molar-refractivity contribution in [2.24, 2.45) is 11.7 Å². The highest BCUT2D eigenvalue weighted by Gasteiger charge is 2.13. The number of hydrogen-bond donors (Lipinski definition) is 2. The van der Waals surface area contributed by atoms with E-state index in [2.05, 4.69) is 15.3 Å². The Balaban J connectivity index is 2.32. The summed E-state index contributed by atoms with van der Waals surface area (Å²) in [5.74, 6) is -0.0153. The van der Waals surface area contributed by atoms with E-state index in [1.807, 2.05) is 13.8 Å². The minimum atomic E-state index is -0.0195. The number of anilines is 1. The van der Waals surface area contributed by atoms with Crippen molar-refractivity contribution in [3.8, 4) is 0 Å². The molecule has 0 aliphatic carbocycles. The first-order valence-corrected chi connectivity index (χ1v) is 5.91. The Labute approximate surface area is 102 Å². The summed E-state index contributed by atoms with van der Waals surface area (Å²) in [6, 6.07) is 0.202. The molecule has 0 spiro atoms. The Morgan fingerprint density at radius 2 is 2.00 bits per heavy atom. The minimum Gasteiger partial charge on any atom is -0.328 e. The number of nitrogens with one attached hydrogen (secondary N) is 1. The maximum absolute atomic E-state index is 11.8. The van der Waals surface area contributed by atoms with Crippen LogP contribution in [-0.2, 0) is 4.79 Å². The van der Waals surface area contributed by atoms with Crippen LogP contribution < -0.4 is 11.1 Å². The molecular formula is C12H20N4O. The first-order valence-electron chi connectivity index (χ1n) is 5.91. The van der Waals surface area contributed by atoms with Gasteiger partial charge >= 0.3 is 0 Å². The van der Waals surface area contributed by atoms with E-state index >= 15 is 0 Å². The van der Waals surface area contributed by atoms with Crippen LogP contribution in [0, 0.1) is 5.92 Å². The van der Waals surface area contributed by atoms with Crippen molar-refractivity contribution in [1.29, 1.82) is 0 Å². The molecule has 5 nitrogen and oxygen atoms in total. The van der Waals surface area contributed by atoms with E-state index in [0.29, 0.717) is 5.69 Å². The number of nitrogens with zero attached hydrogens (tertiary/aromatic N) is 2. The molecule has 0 aliphatic rings. The predicted octanol–water partition coefficient (Wildman–Crippen LogP) is 1.57. The zero-order valence-electron chi connectivity index (χ0n) is 10.4. The van der Waals surface area contributed by atoms with Gasteiger partial charge in [0.1, 0.15) is 6.33 Å². The van der Waals surface area contributed by atoms with Crippen LogP contribution in [0.4, 0.5) is 5.69 Å². The van der Waals surface area contributed by atoms with Gasteiger partial charge in [-0.2, -0.15) is 0 Å². The summed E-state index contributed by atoms with van der Waals surface area (Å²) in [5.41, 5.74) is 6.30. The van der Waals surface area contributed by atoms with E-state index in [1.165, 1.54) is 6.33 Å². The Morgan fingerprint density at radius 1 is 1.35 bits per heavy atom. The summed E-state index contributed by atoms with van der Waals surface area (Å²) in [6.07, 6.45) is 7.37. The lowest BCUT2D eigenvalue weighted by atomic mass is 10.0. The highest BCUT2D eigenvalue weighted by molar-refractivity contribution is 5.91. The van der Waals surface area contributed by atoms with Crippen LogP contribution in [0.15, 0.2) is 18.7 Å². The summed E-state index contributed by atoms with van der Waals surface area (Å²) in [4.78, 5) is 19.5. The fourth-order valence-corrected chi connectivity index (χ4v) is 1.51. The maximum Gasteiger partial charge on any atom is 0.227 e. The molecule has 0 bridgehead atoms. The average molecular weight is 236 g/mol. The summed E-state index contributed by atoms with van der Waals surface area (Å²) in [6.45, 7) is 3.90. The van der Waals surface area contributed by atoms with E-state index in [4.69, 9.17) is 5.73 Å². The molecule has 0 aliphatic heterocycles. The third kappa shape index (κ3) is 5.40. The van der Waals surface area contributed by atoms with Gasteiger partial charge in [-0.05, 0) is 19.8 Å². The number of hydrogen-bond acceptors (Lipinski definition) is 4. The monoisotopic (exact) mass is 236 g/mol. The largest absolute Gasteiger partial charge is 0.328 e. The molecule has 0 saturated carbocycles. The van der Waals surface area contributed by atoms with Gasteiger partial charge in [-0.3, -0.25) is 4.79 Å². The van der Waals surface area contributed by atoms with Crippen LogP contribution in [0.3, 0.4) is 0 Å². The van der Waals surface area contributed by atoms with E-state index < -0.39 is 0 Å². The molecule has 1 aromatic heterocycles. The lowest BCUT2D eigenvalue weighted by molar-refractivity contribution is -0.119. The highest BCUT2D eigenvalue weighted by atomic mass is 16.1. The Hall–Kier alpha value is -1.49. The summed E-state index contributed by atoms with van der Waals surface area (Å²) >= 11 is 0. The second kappa shape index (κ2) is 6.96. The Kier molecular flexibility index (Phi) is 5.56. The molecule has 2 atom stereocenters. The number of nitrogens with two attached hydrogens (primary N) is 1. The molecule has 2 unspecified atom stereocenters. The van der Waals surface area contributed by atoms with Crippen LogP contribution >= 0.6 is 0 Å². The average Bonchev–Trinajstić information content (AvgIpc) is 2.29. The molecular weight excluding hydrogens is 216 g/mol. The van der Waals surface area contributed by atoms with Gasteiger partial charge in [-0.1, -0.05) is 13.3 Å². The van der Waals surface area contributed by atoms with Gasteiger partial charge in [-0.15, -0.1) is 0 Å². The number of carbonyl (C=O) groups is 1. The summed E-state index contributed by atoms with van der Waals surface area (Å²) in [7, 11) is 0. The van der Waals surface area contributed by atoms with E-state index in [0.717, 1.165) is 19.3 Å². The topological polar surface area (TPSA) is 80.9 Å². The van der Waals surface area contributed by atoms with Crippen LogP contribution in [0.2, 0.25) is 0 Å². The third-order valence-corrected chi connectivity index (χ3v) is 2.57. The molecule has 0 saturated heterocycles. The smallest absolute Gasteiger partial charge is 0.227 e. The predicted molar refractivity (Wildman–Crippen MR) is 67.3 cm³/mol. The first-order chi connectivity index (χ1) is 8.09. The van der Waals surface area contributed by atoms with Crippen LogP contribution in [-0.4, -0.2) is 21.9 Å². The third-order valence-electron chi connectivity index (χ3n) is 2.57. The van der Waals surface area contributed by atoms with Gasteiger partial charge in [0.05, 0.1) is 18.1 Å². The van der Waals surface area contributed by atoms with Crippen molar-refractivity contribution < 1.29 is 4.79 Å². The maximum atomic E-state index is 11.8. The molecule has 1 amide bonds. The standard InChI is InChI=1S/C12H20N4O/c1-9(4-3-5-10(2)13)12(17)16-11-6-14-8-15-7-11/h6-10H,3-5,13H2,1-2H3,(H,16,17). The second-order valence-electron chi connectivity index (χ2n) is 4.43. The molecule has 3 N–H and O–H groups in total. The van der Waals surface area contributed by atoms with Gasteiger partial charge in [0, 0.05) is 12.0 Å². The Bertz CT molecular complexity index is 340. The van der Waals surface area contributed by atoms with E-state index in [9.17, 15) is 4.79 Å². The van der Waals surface area contributed by atoms with Crippen molar-refractivity contribution in [2.75, 3.05) is 5.32 Å². The van der Waals surface area contributed by atoms with Crippen molar-refractivity contribution in [1.82, 2.24) is 9.97 Å². The van der Waals surface area contributed by atoms with Gasteiger partial charge in [0.15, 0.2) is 0 Å². The molecule has 0 fully saturated rings. The zero-order chi connectivity index (χ0) is 12.7. The quantitative estimate of drug-likeness (QED) is 0.785. The number of rotatable bonds is 6. The Morgan fingerprint density at radius 3 is 2.59 bits per heavy atom. The number of carbonyl (C=O) groups excluding carboxylic acids is 1. The van der Waals surface area contributed by atoms with Crippen molar-refractivity contribution >= 4 is 11.6 Å². The fraction of sp³-hybridized carbons (Fsp3) is 0.583. The lowest BCUT2D eigenvalue weighted by Crippen LogP contribution is -2.21. The van der Waals surface area contributed by atoms with Gasteiger partial charge in [0.2, 0.25) is 5.91 Å². The summed E-state index contributed by atoms with van der Waals surface area (Å²) in [5, 5.41) is 2.78. The van der Waals surface area contributed by atoms with Crippen molar-refractivity contribution in [3.05, 3.63) is 18.7 Å². The van der Waals surface area contributed by atoms with Crippen molar-refractivity contribution in [3.63, 3.8) is 0 Å². The first kappa shape index (κ1) is 13.6. The molecule has 1 rings (SSSR count). The molecule has 5 heteroatoms. The lowest BCUT2D eigenvalue weighted by Gasteiger charge is -2.12. The number of aromatic nitrogens is 2. The highest BCUT2D eigenvalue weighted by Crippen LogP contribution is 2.12. The fourth-order valence-electron chi connectivity index (χ4n) is 1.51. The second-order valence-corrected chi connectivity index (χ2v) is 4.43. The molecule has 17 heavy (non-hydrogen) atoms. The number of amides is 1. The minimum absolute atomic E-state index is 0.00414. The van der Waals surface area contributed by atoms with E-state index in [1.54, 1.807) is 12.4 Å². The molecule has 0 radical (unpaired) electrons. The SMILES string of the molecule is CC(N)CCCC(C)C(=O)Nc1cncnc1. The summed E-state index contributed by atoms with van der Waals surface area (Å²) < 4.78 is 0. The molecule has 1 aromatic rings. The van der Waals surface area contributed by atoms with Crippen LogP contribution in [0.1, 0.15) is 33.1 Å². The zero-order valence-corrected chi connectivity index (χ0v) is 10.4. The van der Waals surface area contributed by atoms with Gasteiger partial charge < -0.3 is 11.1 Å². The molecule has 1 heterocycles.